The number of ether oxygens (including phenoxy) is 1. The fraction of sp³-hybridized carbons (Fsp3) is 0.412. The quantitative estimate of drug-likeness (QED) is 0.338. The number of nitrogens with zero attached hydrogens (tertiary/aromatic N) is 2. The first-order chi connectivity index (χ1) is 12.0. The van der Waals surface area contributed by atoms with E-state index in [1.54, 1.807) is 11.3 Å². The second-order valence-corrected chi connectivity index (χ2v) is 7.53. The van der Waals surface area contributed by atoms with Crippen molar-refractivity contribution < 1.29 is 17.9 Å². The van der Waals surface area contributed by atoms with Crippen molar-refractivity contribution in [2.24, 2.45) is 10.7 Å². The molecule has 10 heteroatoms. The molecule has 0 saturated carbocycles. The van der Waals surface area contributed by atoms with Gasteiger partial charge in [-0.15, -0.1) is 48.5 Å². The fourth-order valence-corrected chi connectivity index (χ4v) is 2.98. The van der Waals surface area contributed by atoms with Gasteiger partial charge in [-0.05, 0) is 24.3 Å². The molecule has 0 amide bonds. The van der Waals surface area contributed by atoms with Crippen LogP contribution >= 0.6 is 35.3 Å². The molecule has 0 aliphatic heterocycles. The van der Waals surface area contributed by atoms with E-state index < -0.39 is 6.36 Å². The zero-order chi connectivity index (χ0) is 19.4. The highest BCUT2D eigenvalue weighted by Crippen LogP contribution is 2.25. The summed E-state index contributed by atoms with van der Waals surface area (Å²) in [6.45, 7) is 6.79. The van der Waals surface area contributed by atoms with Crippen LogP contribution in [-0.4, -0.2) is 23.9 Å². The smallest absolute Gasteiger partial charge is 0.406 e. The maximum atomic E-state index is 12.1. The lowest BCUT2D eigenvalue weighted by molar-refractivity contribution is -0.274. The second kappa shape index (κ2) is 9.58. The lowest BCUT2D eigenvalue weighted by atomic mass is 9.93. The van der Waals surface area contributed by atoms with E-state index in [0.717, 1.165) is 10.7 Å². The Labute approximate surface area is 177 Å². The highest BCUT2D eigenvalue weighted by molar-refractivity contribution is 14.0. The largest absolute Gasteiger partial charge is 0.573 e. The molecule has 2 aromatic rings. The van der Waals surface area contributed by atoms with Gasteiger partial charge in [0.25, 0.3) is 0 Å². The van der Waals surface area contributed by atoms with Crippen LogP contribution in [0.3, 0.4) is 0 Å². The first-order valence-electron chi connectivity index (χ1n) is 7.90. The molecule has 5 nitrogen and oxygen atoms in total. The molecule has 1 heterocycles. The molecule has 0 bridgehead atoms. The molecule has 27 heavy (non-hydrogen) atoms. The minimum absolute atomic E-state index is 0. The molecule has 0 saturated heterocycles. The van der Waals surface area contributed by atoms with E-state index in [4.69, 9.17) is 5.73 Å². The number of aliphatic imine (C=N–C) groups is 1. The summed E-state index contributed by atoms with van der Waals surface area (Å²) in [6.07, 6.45) is -4.04. The van der Waals surface area contributed by atoms with Gasteiger partial charge >= 0.3 is 6.36 Å². The normalized spacial score (nSPS) is 12.4. The lowest BCUT2D eigenvalue weighted by Crippen LogP contribution is -2.23. The van der Waals surface area contributed by atoms with Crippen molar-refractivity contribution in [3.8, 4) is 5.75 Å². The minimum Gasteiger partial charge on any atom is -0.406 e. The van der Waals surface area contributed by atoms with Gasteiger partial charge in [-0.1, -0.05) is 20.8 Å². The Morgan fingerprint density at radius 2 is 1.85 bits per heavy atom. The Balaban J connectivity index is 0.00000364. The Kier molecular flexibility index (Phi) is 8.33. The summed E-state index contributed by atoms with van der Waals surface area (Å²) in [6, 6.07) is 5.26. The van der Waals surface area contributed by atoms with Gasteiger partial charge in [0.15, 0.2) is 5.96 Å². The topological polar surface area (TPSA) is 72.5 Å². The van der Waals surface area contributed by atoms with Crippen LogP contribution in [-0.2, 0) is 11.8 Å². The monoisotopic (exact) mass is 514 g/mol. The van der Waals surface area contributed by atoms with E-state index in [9.17, 15) is 13.2 Å². The number of thiazole rings is 1. The molecule has 1 aromatic carbocycles. The average Bonchev–Trinajstić information content (AvgIpc) is 2.97. The van der Waals surface area contributed by atoms with Crippen LogP contribution in [0.25, 0.3) is 0 Å². The molecule has 0 unspecified atom stereocenters. The van der Waals surface area contributed by atoms with Crippen LogP contribution in [0.4, 0.5) is 18.9 Å². The van der Waals surface area contributed by atoms with Gasteiger partial charge in [0, 0.05) is 29.4 Å². The van der Waals surface area contributed by atoms with Crippen molar-refractivity contribution in [1.82, 2.24) is 4.98 Å². The molecule has 0 fully saturated rings. The molecule has 0 aliphatic carbocycles. The van der Waals surface area contributed by atoms with Crippen LogP contribution in [0.1, 0.15) is 31.5 Å². The van der Waals surface area contributed by atoms with Crippen LogP contribution in [0, 0.1) is 0 Å². The Morgan fingerprint density at radius 3 is 2.37 bits per heavy atom. The van der Waals surface area contributed by atoms with Gasteiger partial charge in [0.05, 0.1) is 10.7 Å². The van der Waals surface area contributed by atoms with E-state index in [-0.39, 0.29) is 41.1 Å². The van der Waals surface area contributed by atoms with Crippen LogP contribution in [0.5, 0.6) is 5.75 Å². The Hall–Kier alpha value is -1.56. The summed E-state index contributed by atoms with van der Waals surface area (Å²) in [5.74, 6) is -0.112. The van der Waals surface area contributed by atoms with Gasteiger partial charge in [-0.3, -0.25) is 4.99 Å². The predicted molar refractivity (Wildman–Crippen MR) is 113 cm³/mol. The summed E-state index contributed by atoms with van der Waals surface area (Å²) < 4.78 is 40.2. The Morgan fingerprint density at radius 1 is 1.22 bits per heavy atom. The fourth-order valence-electron chi connectivity index (χ4n) is 1.97. The molecule has 0 spiro atoms. The van der Waals surface area contributed by atoms with Crippen LogP contribution in [0.15, 0.2) is 34.6 Å². The van der Waals surface area contributed by atoms with Crippen LogP contribution < -0.4 is 15.8 Å². The van der Waals surface area contributed by atoms with E-state index >= 15 is 0 Å². The van der Waals surface area contributed by atoms with Crippen molar-refractivity contribution >= 4 is 47.0 Å². The zero-order valence-electron chi connectivity index (χ0n) is 15.1. The third-order valence-corrected chi connectivity index (χ3v) is 4.20. The molecular weight excluding hydrogens is 492 g/mol. The minimum atomic E-state index is -4.71. The number of aromatic nitrogens is 1. The molecule has 150 valence electrons. The van der Waals surface area contributed by atoms with Crippen LogP contribution in [0.2, 0.25) is 0 Å². The summed E-state index contributed by atoms with van der Waals surface area (Å²) in [5.41, 5.74) is 7.38. The third kappa shape index (κ3) is 8.33. The maximum Gasteiger partial charge on any atom is 0.573 e. The number of benzene rings is 1. The van der Waals surface area contributed by atoms with E-state index in [1.165, 1.54) is 24.3 Å². The molecular formula is C17H22F3IN4OS. The maximum absolute atomic E-state index is 12.1. The Bertz CT molecular complexity index is 755. The predicted octanol–water partition coefficient (Wildman–Crippen LogP) is 4.93. The SMILES string of the molecule is CC(C)(C)c1csc(CCN=C(N)Nc2ccc(OC(F)(F)F)cc2)n1.I. The molecule has 0 radical (unpaired) electrons. The van der Waals surface area contributed by atoms with Crippen molar-refractivity contribution in [3.63, 3.8) is 0 Å². The summed E-state index contributed by atoms with van der Waals surface area (Å²) in [7, 11) is 0. The summed E-state index contributed by atoms with van der Waals surface area (Å²) in [5, 5.41) is 5.85. The van der Waals surface area contributed by atoms with Crippen molar-refractivity contribution in [2.75, 3.05) is 11.9 Å². The lowest BCUT2D eigenvalue weighted by Gasteiger charge is -2.14. The molecule has 1 aromatic heterocycles. The standard InChI is InChI=1S/C17H21F3N4OS.HI/c1-16(2,3)13-10-26-14(24-13)8-9-22-15(21)23-11-4-6-12(7-5-11)25-17(18,19)20;/h4-7,10H,8-9H2,1-3H3,(H3,21,22,23);1H. The molecule has 0 aliphatic rings. The van der Waals surface area contributed by atoms with Crippen molar-refractivity contribution in [3.05, 3.63) is 40.3 Å². The number of rotatable bonds is 5. The van der Waals surface area contributed by atoms with Crippen molar-refractivity contribution in [1.29, 1.82) is 0 Å². The number of alkyl halides is 3. The number of hydrogen-bond donors (Lipinski definition) is 2. The van der Waals surface area contributed by atoms with Gasteiger partial charge < -0.3 is 15.8 Å². The number of guanidine groups is 1. The third-order valence-electron chi connectivity index (χ3n) is 3.29. The average molecular weight is 514 g/mol. The van der Waals surface area contributed by atoms with Gasteiger partial charge in [-0.2, -0.15) is 0 Å². The highest BCUT2D eigenvalue weighted by atomic mass is 127. The number of hydrogen-bond acceptors (Lipinski definition) is 4. The molecule has 3 N–H and O–H groups in total. The van der Waals surface area contributed by atoms with Gasteiger partial charge in [0.1, 0.15) is 5.75 Å². The highest BCUT2D eigenvalue weighted by Gasteiger charge is 2.30. The number of halogens is 4. The first-order valence-corrected chi connectivity index (χ1v) is 8.78. The number of nitrogens with one attached hydrogen (secondary N) is 1. The summed E-state index contributed by atoms with van der Waals surface area (Å²) >= 11 is 1.59. The number of anilines is 1. The second-order valence-electron chi connectivity index (χ2n) is 6.59. The molecule has 2 rings (SSSR count). The summed E-state index contributed by atoms with van der Waals surface area (Å²) in [4.78, 5) is 8.79. The van der Waals surface area contributed by atoms with E-state index in [0.29, 0.717) is 18.7 Å². The number of nitrogens with two attached hydrogens (primary N) is 1. The zero-order valence-corrected chi connectivity index (χ0v) is 18.3. The van der Waals surface area contributed by atoms with E-state index in [2.05, 4.69) is 40.8 Å². The van der Waals surface area contributed by atoms with Gasteiger partial charge in [0.2, 0.25) is 0 Å². The first kappa shape index (κ1) is 23.5. The molecule has 0 atom stereocenters. The van der Waals surface area contributed by atoms with E-state index in [1.807, 2.05) is 5.38 Å². The van der Waals surface area contributed by atoms with Gasteiger partial charge in [-0.25, -0.2) is 4.98 Å². The van der Waals surface area contributed by atoms with Crippen molar-refractivity contribution in [2.45, 2.75) is 39.0 Å².